The number of nitrogens with zero attached hydrogens (tertiary/aromatic N) is 4. The molecule has 4 rings (SSSR count). The number of ether oxygens (including phenoxy) is 1. The molecule has 1 saturated carbocycles. The Morgan fingerprint density at radius 1 is 1.11 bits per heavy atom. The van der Waals surface area contributed by atoms with Crippen molar-refractivity contribution in [1.29, 1.82) is 0 Å². The normalized spacial score (nSPS) is 27.4. The van der Waals surface area contributed by atoms with Crippen molar-refractivity contribution in [2.75, 3.05) is 33.3 Å². The van der Waals surface area contributed by atoms with Gasteiger partial charge < -0.3 is 9.64 Å². The topological polar surface area (TPSA) is 58.6 Å². The molecule has 1 aliphatic carbocycles. The Labute approximate surface area is 162 Å². The van der Waals surface area contributed by atoms with Crippen LogP contribution in [0.2, 0.25) is 0 Å². The van der Waals surface area contributed by atoms with Crippen LogP contribution in [-0.4, -0.2) is 59.0 Å². The average molecular weight is 373 g/mol. The molecule has 3 fully saturated rings. The highest BCUT2D eigenvalue weighted by atomic mass is 16.5. The van der Waals surface area contributed by atoms with Crippen molar-refractivity contribution < 1.29 is 9.53 Å². The van der Waals surface area contributed by atoms with Crippen LogP contribution in [0.1, 0.15) is 56.9 Å². The molecule has 0 aromatic carbocycles. The van der Waals surface area contributed by atoms with E-state index in [0.717, 1.165) is 63.5 Å². The van der Waals surface area contributed by atoms with E-state index in [2.05, 4.69) is 19.8 Å². The average Bonchev–Trinajstić information content (AvgIpc) is 3.10. The minimum absolute atomic E-state index is 0.153. The summed E-state index contributed by atoms with van der Waals surface area (Å²) in [5.74, 6) is 1.15. The highest BCUT2D eigenvalue weighted by Crippen LogP contribution is 2.41. The summed E-state index contributed by atoms with van der Waals surface area (Å²) in [6, 6.07) is 0.400. The van der Waals surface area contributed by atoms with E-state index >= 15 is 0 Å². The van der Waals surface area contributed by atoms with Gasteiger partial charge in [0, 0.05) is 44.1 Å². The summed E-state index contributed by atoms with van der Waals surface area (Å²) in [6.45, 7) is 4.62. The van der Waals surface area contributed by atoms with Gasteiger partial charge in [-0.1, -0.05) is 19.3 Å². The first-order chi connectivity index (χ1) is 13.2. The molecule has 6 nitrogen and oxygen atoms in total. The number of carbonyl (C=O) groups is 1. The third-order valence-corrected chi connectivity index (χ3v) is 6.73. The van der Waals surface area contributed by atoms with E-state index in [4.69, 9.17) is 4.74 Å². The van der Waals surface area contributed by atoms with Gasteiger partial charge in [0.05, 0.1) is 12.5 Å². The van der Waals surface area contributed by atoms with E-state index in [1.165, 1.54) is 32.1 Å². The van der Waals surface area contributed by atoms with Gasteiger partial charge >= 0.3 is 6.01 Å². The number of hydrogen-bond donors (Lipinski definition) is 0. The van der Waals surface area contributed by atoms with E-state index in [-0.39, 0.29) is 5.41 Å². The quantitative estimate of drug-likeness (QED) is 0.795. The molecule has 27 heavy (non-hydrogen) atoms. The minimum atomic E-state index is -0.153. The van der Waals surface area contributed by atoms with E-state index in [0.29, 0.717) is 11.9 Å². The lowest BCUT2D eigenvalue weighted by Gasteiger charge is -2.41. The molecule has 2 aliphatic heterocycles. The van der Waals surface area contributed by atoms with Gasteiger partial charge in [-0.15, -0.1) is 0 Å². The monoisotopic (exact) mass is 372 g/mol. The summed E-state index contributed by atoms with van der Waals surface area (Å²) in [4.78, 5) is 26.4. The van der Waals surface area contributed by atoms with Crippen LogP contribution >= 0.6 is 0 Å². The van der Waals surface area contributed by atoms with E-state index in [1.54, 1.807) is 7.11 Å². The molecule has 6 heteroatoms. The van der Waals surface area contributed by atoms with Gasteiger partial charge in [-0.05, 0) is 44.6 Å². The molecule has 1 amide bonds. The van der Waals surface area contributed by atoms with E-state index in [9.17, 15) is 4.79 Å². The van der Waals surface area contributed by atoms with E-state index in [1.807, 2.05) is 12.4 Å². The van der Waals surface area contributed by atoms with Gasteiger partial charge in [-0.25, -0.2) is 9.97 Å². The van der Waals surface area contributed by atoms with Crippen LogP contribution in [0.4, 0.5) is 0 Å². The molecule has 1 atom stereocenters. The Bertz CT molecular complexity index is 644. The van der Waals surface area contributed by atoms with Crippen molar-refractivity contribution in [2.24, 2.45) is 11.3 Å². The zero-order valence-electron chi connectivity index (χ0n) is 16.5. The van der Waals surface area contributed by atoms with Gasteiger partial charge in [0.2, 0.25) is 5.91 Å². The Morgan fingerprint density at radius 2 is 1.89 bits per heavy atom. The maximum Gasteiger partial charge on any atom is 0.316 e. The smallest absolute Gasteiger partial charge is 0.316 e. The third-order valence-electron chi connectivity index (χ3n) is 6.73. The zero-order valence-corrected chi connectivity index (χ0v) is 16.5. The van der Waals surface area contributed by atoms with Crippen LogP contribution in [0, 0.1) is 11.3 Å². The molecular formula is C21H32N4O2. The Kier molecular flexibility index (Phi) is 5.62. The second-order valence-corrected chi connectivity index (χ2v) is 8.68. The number of likely N-dealkylation sites (tertiary alicyclic amines) is 2. The first-order valence-electron chi connectivity index (χ1n) is 10.6. The predicted octanol–water partition coefficient (Wildman–Crippen LogP) is 2.88. The Morgan fingerprint density at radius 3 is 2.63 bits per heavy atom. The molecule has 148 valence electrons. The molecule has 3 heterocycles. The van der Waals surface area contributed by atoms with Crippen LogP contribution in [0.5, 0.6) is 6.01 Å². The van der Waals surface area contributed by atoms with Gasteiger partial charge in [0.15, 0.2) is 0 Å². The number of carbonyl (C=O) groups excluding carboxylic acids is 1. The number of piperidine rings is 1. The van der Waals surface area contributed by atoms with Gasteiger partial charge in [-0.2, -0.15) is 0 Å². The van der Waals surface area contributed by atoms with Gasteiger partial charge in [0.25, 0.3) is 0 Å². The van der Waals surface area contributed by atoms with Crippen molar-refractivity contribution in [1.82, 2.24) is 19.8 Å². The number of amides is 1. The highest BCUT2D eigenvalue weighted by Gasteiger charge is 2.48. The second kappa shape index (κ2) is 8.13. The van der Waals surface area contributed by atoms with Crippen molar-refractivity contribution in [3.05, 3.63) is 18.0 Å². The van der Waals surface area contributed by atoms with E-state index < -0.39 is 0 Å². The molecule has 1 aromatic heterocycles. The lowest BCUT2D eigenvalue weighted by atomic mass is 9.77. The van der Waals surface area contributed by atoms with Crippen molar-refractivity contribution in [2.45, 2.75) is 57.9 Å². The van der Waals surface area contributed by atoms with Crippen LogP contribution in [0.15, 0.2) is 12.4 Å². The van der Waals surface area contributed by atoms with Crippen molar-refractivity contribution in [3.63, 3.8) is 0 Å². The Balaban J connectivity index is 1.36. The molecule has 0 unspecified atom stereocenters. The van der Waals surface area contributed by atoms with Crippen molar-refractivity contribution in [3.8, 4) is 6.01 Å². The molecule has 3 aliphatic rings. The standard InChI is InChI=1S/C21H32N4O2/c1-27-20-22-12-18(13-23-20)14-24-11-9-21(16-24)8-5-10-25(19(21)26)15-17-6-3-2-4-7-17/h12-13,17H,2-11,14-16H2,1H3/t21-/m1/s1. The highest BCUT2D eigenvalue weighted by molar-refractivity contribution is 5.84. The number of hydrogen-bond acceptors (Lipinski definition) is 5. The third kappa shape index (κ3) is 4.10. The summed E-state index contributed by atoms with van der Waals surface area (Å²) in [5, 5.41) is 0. The minimum Gasteiger partial charge on any atom is -0.467 e. The fraction of sp³-hybridized carbons (Fsp3) is 0.762. The molecule has 2 saturated heterocycles. The molecule has 1 spiro atoms. The Hall–Kier alpha value is -1.69. The molecule has 0 bridgehead atoms. The maximum atomic E-state index is 13.4. The fourth-order valence-electron chi connectivity index (χ4n) is 5.27. The summed E-state index contributed by atoms with van der Waals surface area (Å²) >= 11 is 0. The van der Waals surface area contributed by atoms with Crippen LogP contribution in [0.25, 0.3) is 0 Å². The summed E-state index contributed by atoms with van der Waals surface area (Å²) in [5.41, 5.74) is 0.926. The molecule has 0 N–H and O–H groups in total. The van der Waals surface area contributed by atoms with Crippen LogP contribution in [0.3, 0.4) is 0 Å². The summed E-state index contributed by atoms with van der Waals surface area (Å²) in [7, 11) is 1.58. The van der Waals surface area contributed by atoms with Gasteiger partial charge in [-0.3, -0.25) is 9.69 Å². The van der Waals surface area contributed by atoms with Crippen LogP contribution in [-0.2, 0) is 11.3 Å². The summed E-state index contributed by atoms with van der Waals surface area (Å²) in [6.07, 6.45) is 13.5. The molecule has 1 aromatic rings. The maximum absolute atomic E-state index is 13.4. The number of rotatable bonds is 5. The first kappa shape index (κ1) is 18.7. The largest absolute Gasteiger partial charge is 0.467 e. The van der Waals surface area contributed by atoms with Crippen molar-refractivity contribution >= 4 is 5.91 Å². The van der Waals surface area contributed by atoms with Gasteiger partial charge in [0.1, 0.15) is 0 Å². The zero-order chi connectivity index (χ0) is 18.7. The lowest BCUT2D eigenvalue weighted by Crippen LogP contribution is -2.51. The first-order valence-corrected chi connectivity index (χ1v) is 10.6. The second-order valence-electron chi connectivity index (χ2n) is 8.68. The molecule has 0 radical (unpaired) electrons. The lowest BCUT2D eigenvalue weighted by molar-refractivity contribution is -0.146. The summed E-state index contributed by atoms with van der Waals surface area (Å²) < 4.78 is 5.03. The fourth-order valence-corrected chi connectivity index (χ4v) is 5.27. The van der Waals surface area contributed by atoms with Crippen LogP contribution < -0.4 is 4.74 Å². The SMILES string of the molecule is COc1ncc(CN2CC[C@]3(CCCN(CC4CCCCC4)C3=O)C2)cn1. The predicted molar refractivity (Wildman–Crippen MR) is 103 cm³/mol. The molecular weight excluding hydrogens is 340 g/mol. The number of aromatic nitrogens is 2. The number of methoxy groups -OCH3 is 1.